The van der Waals surface area contributed by atoms with Crippen LogP contribution >= 0.6 is 0 Å². The summed E-state index contributed by atoms with van der Waals surface area (Å²) < 4.78 is 5.10. The molecule has 0 heterocycles. The minimum absolute atomic E-state index is 0.0188. The van der Waals surface area contributed by atoms with Crippen LogP contribution < -0.4 is 15.4 Å². The van der Waals surface area contributed by atoms with Crippen LogP contribution in [0.4, 0.5) is 0 Å². The highest BCUT2D eigenvalue weighted by Crippen LogP contribution is 2.11. The highest BCUT2D eigenvalue weighted by molar-refractivity contribution is 5.97. The third kappa shape index (κ3) is 8.73. The number of amides is 1. The van der Waals surface area contributed by atoms with Crippen molar-refractivity contribution < 1.29 is 19.4 Å². The second kappa shape index (κ2) is 12.4. The van der Waals surface area contributed by atoms with Crippen molar-refractivity contribution in [3.63, 3.8) is 0 Å². The maximum Gasteiger partial charge on any atom is 0.303 e. The first-order valence-electron chi connectivity index (χ1n) is 8.53. The molecule has 3 N–H and O–H groups in total. The van der Waals surface area contributed by atoms with Crippen LogP contribution in [-0.4, -0.2) is 37.2 Å². The molecule has 7 heteroatoms. The van der Waals surface area contributed by atoms with Crippen molar-refractivity contribution in [2.45, 2.75) is 32.1 Å². The number of carboxylic acids is 1. The summed E-state index contributed by atoms with van der Waals surface area (Å²) in [6, 6.07) is 9.57. The van der Waals surface area contributed by atoms with Crippen LogP contribution in [0.1, 0.15) is 31.2 Å². The second-order valence-corrected chi connectivity index (χ2v) is 5.68. The van der Waals surface area contributed by atoms with E-state index in [1.807, 2.05) is 30.3 Å². The van der Waals surface area contributed by atoms with Crippen molar-refractivity contribution >= 4 is 11.9 Å². The van der Waals surface area contributed by atoms with Crippen LogP contribution in [0.2, 0.25) is 0 Å². The Balaban J connectivity index is 2.27. The van der Waals surface area contributed by atoms with Crippen LogP contribution in [0.5, 0.6) is 5.75 Å². The maximum absolute atomic E-state index is 11.9. The van der Waals surface area contributed by atoms with Gasteiger partial charge in [0.2, 0.25) is 0 Å². The fourth-order valence-electron chi connectivity index (χ4n) is 2.21. The molecule has 1 aromatic rings. The molecule has 0 fully saturated rings. The third-order valence-corrected chi connectivity index (χ3v) is 3.68. The van der Waals surface area contributed by atoms with Gasteiger partial charge in [-0.05, 0) is 37.0 Å². The van der Waals surface area contributed by atoms with E-state index in [2.05, 4.69) is 10.6 Å². The molecule has 7 nitrogen and oxygen atoms in total. The Morgan fingerprint density at radius 1 is 1.19 bits per heavy atom. The molecule has 0 unspecified atom stereocenters. The number of rotatable bonds is 12. The van der Waals surface area contributed by atoms with E-state index in [0.29, 0.717) is 25.9 Å². The van der Waals surface area contributed by atoms with Crippen LogP contribution in [0.15, 0.2) is 36.0 Å². The number of hydrogen-bond acceptors (Lipinski definition) is 5. The fourth-order valence-corrected chi connectivity index (χ4v) is 2.21. The normalized spacial score (nSPS) is 10.7. The molecule has 1 rings (SSSR count). The summed E-state index contributed by atoms with van der Waals surface area (Å²) in [5.41, 5.74) is 1.14. The van der Waals surface area contributed by atoms with Gasteiger partial charge in [0, 0.05) is 25.7 Å². The number of carboxylic acid groups (broad SMARTS) is 1. The van der Waals surface area contributed by atoms with Gasteiger partial charge < -0.3 is 20.5 Å². The standard InChI is InChI=1S/C19H25N3O4/c1-26-17-8-6-15(7-9-17)10-12-21-14-16(13-20)19(25)22-11-4-2-3-5-18(23)24/h6-9,14,21H,2-5,10-12H2,1H3,(H,22,25)(H,23,24)/b16-14-. The summed E-state index contributed by atoms with van der Waals surface area (Å²) in [5.74, 6) is -0.444. The lowest BCUT2D eigenvalue weighted by molar-refractivity contribution is -0.137. The molecule has 0 aliphatic heterocycles. The molecule has 0 radical (unpaired) electrons. The summed E-state index contributed by atoms with van der Waals surface area (Å²) in [5, 5.41) is 23.2. The van der Waals surface area contributed by atoms with Crippen molar-refractivity contribution in [1.29, 1.82) is 5.26 Å². The van der Waals surface area contributed by atoms with E-state index in [4.69, 9.17) is 15.1 Å². The number of unbranched alkanes of at least 4 members (excludes halogenated alkanes) is 2. The monoisotopic (exact) mass is 359 g/mol. The van der Waals surface area contributed by atoms with E-state index >= 15 is 0 Å². The second-order valence-electron chi connectivity index (χ2n) is 5.68. The van der Waals surface area contributed by atoms with Gasteiger partial charge in [-0.1, -0.05) is 18.6 Å². The quantitative estimate of drug-likeness (QED) is 0.299. The molecule has 0 spiro atoms. The summed E-state index contributed by atoms with van der Waals surface area (Å²) in [7, 11) is 1.62. The van der Waals surface area contributed by atoms with E-state index < -0.39 is 11.9 Å². The molecule has 0 bridgehead atoms. The summed E-state index contributed by atoms with van der Waals surface area (Å²) >= 11 is 0. The zero-order valence-electron chi connectivity index (χ0n) is 15.0. The number of carbonyl (C=O) groups excluding carboxylic acids is 1. The molecule has 0 atom stereocenters. The Labute approximate surface area is 153 Å². The molecule has 0 aliphatic rings. The van der Waals surface area contributed by atoms with Gasteiger partial charge in [0.05, 0.1) is 7.11 Å². The maximum atomic E-state index is 11.9. The van der Waals surface area contributed by atoms with Gasteiger partial charge in [0.25, 0.3) is 5.91 Å². The van der Waals surface area contributed by atoms with Crippen molar-refractivity contribution in [2.75, 3.05) is 20.2 Å². The number of hydrogen-bond donors (Lipinski definition) is 3. The first kappa shape index (κ1) is 21.0. The van der Waals surface area contributed by atoms with Crippen LogP contribution in [-0.2, 0) is 16.0 Å². The van der Waals surface area contributed by atoms with Gasteiger partial charge in [0.15, 0.2) is 0 Å². The molecular formula is C19H25N3O4. The van der Waals surface area contributed by atoms with Crippen molar-refractivity contribution in [1.82, 2.24) is 10.6 Å². The Kier molecular flexibility index (Phi) is 10.0. The van der Waals surface area contributed by atoms with E-state index in [1.165, 1.54) is 6.20 Å². The van der Waals surface area contributed by atoms with Crippen LogP contribution in [0, 0.1) is 11.3 Å². The van der Waals surface area contributed by atoms with Crippen LogP contribution in [0.25, 0.3) is 0 Å². The number of nitrogens with zero attached hydrogens (tertiary/aromatic N) is 1. The largest absolute Gasteiger partial charge is 0.497 e. The van der Waals surface area contributed by atoms with Crippen molar-refractivity contribution in [3.05, 3.63) is 41.6 Å². The summed E-state index contributed by atoms with van der Waals surface area (Å²) in [6.07, 6.45) is 4.29. The van der Waals surface area contributed by atoms with Crippen LogP contribution in [0.3, 0.4) is 0 Å². The van der Waals surface area contributed by atoms with Crippen molar-refractivity contribution in [2.24, 2.45) is 0 Å². The average molecular weight is 359 g/mol. The SMILES string of the molecule is COc1ccc(CCN/C=C(/C#N)C(=O)NCCCCCC(=O)O)cc1. The molecule has 0 saturated heterocycles. The Bertz CT molecular complexity index is 648. The number of benzene rings is 1. The van der Waals surface area contributed by atoms with Gasteiger partial charge in [-0.25, -0.2) is 0 Å². The lowest BCUT2D eigenvalue weighted by atomic mass is 10.1. The zero-order valence-corrected chi connectivity index (χ0v) is 15.0. The highest BCUT2D eigenvalue weighted by atomic mass is 16.5. The topological polar surface area (TPSA) is 111 Å². The number of ether oxygens (including phenoxy) is 1. The van der Waals surface area contributed by atoms with Gasteiger partial charge >= 0.3 is 5.97 Å². The minimum atomic E-state index is -0.815. The van der Waals surface area contributed by atoms with Gasteiger partial charge in [-0.3, -0.25) is 9.59 Å². The number of aliphatic carboxylic acids is 1. The zero-order chi connectivity index (χ0) is 19.2. The fraction of sp³-hybridized carbons (Fsp3) is 0.421. The predicted molar refractivity (Wildman–Crippen MR) is 97.5 cm³/mol. The van der Waals surface area contributed by atoms with Gasteiger partial charge in [-0.15, -0.1) is 0 Å². The predicted octanol–water partition coefficient (Wildman–Crippen LogP) is 2.00. The van der Waals surface area contributed by atoms with E-state index in [-0.39, 0.29) is 12.0 Å². The molecule has 26 heavy (non-hydrogen) atoms. The minimum Gasteiger partial charge on any atom is -0.497 e. The Morgan fingerprint density at radius 2 is 1.92 bits per heavy atom. The molecule has 1 aromatic carbocycles. The van der Waals surface area contributed by atoms with E-state index in [1.54, 1.807) is 7.11 Å². The summed E-state index contributed by atoms with van der Waals surface area (Å²) in [6.45, 7) is 1.02. The smallest absolute Gasteiger partial charge is 0.303 e. The van der Waals surface area contributed by atoms with Gasteiger partial charge in [-0.2, -0.15) is 5.26 Å². The lowest BCUT2D eigenvalue weighted by Gasteiger charge is -2.06. The molecular weight excluding hydrogens is 334 g/mol. The third-order valence-electron chi connectivity index (χ3n) is 3.68. The number of carbonyl (C=O) groups is 2. The molecule has 0 aromatic heterocycles. The number of methoxy groups -OCH3 is 1. The Hall–Kier alpha value is -3.01. The highest BCUT2D eigenvalue weighted by Gasteiger charge is 2.07. The average Bonchev–Trinajstić information content (AvgIpc) is 2.64. The molecule has 0 aliphatic carbocycles. The lowest BCUT2D eigenvalue weighted by Crippen LogP contribution is -2.27. The number of nitriles is 1. The first-order valence-corrected chi connectivity index (χ1v) is 8.53. The van der Waals surface area contributed by atoms with E-state index in [9.17, 15) is 9.59 Å². The molecule has 0 saturated carbocycles. The Morgan fingerprint density at radius 3 is 2.54 bits per heavy atom. The summed E-state index contributed by atoms with van der Waals surface area (Å²) in [4.78, 5) is 22.3. The molecule has 140 valence electrons. The van der Waals surface area contributed by atoms with E-state index in [0.717, 1.165) is 24.2 Å². The van der Waals surface area contributed by atoms with Gasteiger partial charge in [0.1, 0.15) is 17.4 Å². The first-order chi connectivity index (χ1) is 12.6. The molecule has 1 amide bonds. The van der Waals surface area contributed by atoms with Crippen molar-refractivity contribution in [3.8, 4) is 11.8 Å². The number of nitrogens with one attached hydrogen (secondary N) is 2.